The lowest BCUT2D eigenvalue weighted by molar-refractivity contribution is -0.199. The Balaban J connectivity index is 1.21. The van der Waals surface area contributed by atoms with Crippen molar-refractivity contribution in [2.24, 2.45) is 0 Å². The normalized spacial score (nSPS) is 24.2. The largest absolute Gasteiger partial charge is 0.432 e. The molecule has 0 aliphatic carbocycles. The zero-order chi connectivity index (χ0) is 29.5. The summed E-state index contributed by atoms with van der Waals surface area (Å²) in [6.07, 6.45) is -0.255. The van der Waals surface area contributed by atoms with E-state index in [1.54, 1.807) is 60.9 Å². The van der Waals surface area contributed by atoms with Crippen LogP contribution in [0.15, 0.2) is 73.3 Å². The lowest BCUT2D eigenvalue weighted by Crippen LogP contribution is -2.33. The van der Waals surface area contributed by atoms with Gasteiger partial charge in [0.2, 0.25) is 0 Å². The van der Waals surface area contributed by atoms with Crippen LogP contribution in [0.3, 0.4) is 0 Å². The lowest BCUT2D eigenvalue weighted by Gasteiger charge is -2.25. The summed E-state index contributed by atoms with van der Waals surface area (Å²) in [5.41, 5.74) is 1.34. The van der Waals surface area contributed by atoms with Crippen molar-refractivity contribution in [3.63, 3.8) is 0 Å². The topological polar surface area (TPSA) is 176 Å². The molecule has 1 unspecified atom stereocenters. The second-order valence-electron chi connectivity index (χ2n) is 10.1. The average Bonchev–Trinajstić information content (AvgIpc) is 3.64. The molecule has 6 rings (SSSR count). The van der Waals surface area contributed by atoms with E-state index in [0.717, 1.165) is 0 Å². The van der Waals surface area contributed by atoms with Gasteiger partial charge in [0, 0.05) is 11.1 Å². The first-order valence-electron chi connectivity index (χ1n) is 13.0. The van der Waals surface area contributed by atoms with Crippen molar-refractivity contribution < 1.29 is 37.8 Å². The molecule has 2 aliphatic heterocycles. The molecule has 4 heterocycles. The number of amides is 2. The van der Waals surface area contributed by atoms with Crippen LogP contribution in [0.5, 0.6) is 0 Å². The summed E-state index contributed by atoms with van der Waals surface area (Å²) in [7, 11) is -4.56. The predicted molar refractivity (Wildman–Crippen MR) is 147 cm³/mol. The number of ether oxygens (including phenoxy) is 3. The molecular formula is C27H27N6O8P. The molecule has 0 spiro atoms. The van der Waals surface area contributed by atoms with Gasteiger partial charge in [0.05, 0.1) is 12.9 Å². The highest BCUT2D eigenvalue weighted by Crippen LogP contribution is 2.46. The van der Waals surface area contributed by atoms with Gasteiger partial charge in [-0.15, -0.1) is 0 Å². The first-order valence-corrected chi connectivity index (χ1v) is 14.6. The van der Waals surface area contributed by atoms with Gasteiger partial charge in [-0.3, -0.25) is 23.8 Å². The molecule has 218 valence electrons. The summed E-state index contributed by atoms with van der Waals surface area (Å²) < 4.78 is 38.0. The lowest BCUT2D eigenvalue weighted by atomic mass is 10.1. The van der Waals surface area contributed by atoms with Crippen LogP contribution >= 0.6 is 7.75 Å². The van der Waals surface area contributed by atoms with Gasteiger partial charge in [-0.2, -0.15) is 0 Å². The quantitative estimate of drug-likeness (QED) is 0.256. The summed E-state index contributed by atoms with van der Waals surface area (Å²) >= 11 is 0. The molecule has 0 saturated carbocycles. The monoisotopic (exact) mass is 594 g/mol. The number of carbonyl (C=O) groups is 2. The Kier molecular flexibility index (Phi) is 7.35. The van der Waals surface area contributed by atoms with E-state index in [0.29, 0.717) is 16.7 Å². The third-order valence-electron chi connectivity index (χ3n) is 6.72. The molecule has 3 N–H and O–H groups in total. The number of hydrogen-bond donors (Lipinski definition) is 3. The number of hydrogen-bond acceptors (Lipinski definition) is 10. The summed E-state index contributed by atoms with van der Waals surface area (Å²) in [5, 5.41) is 4.79. The summed E-state index contributed by atoms with van der Waals surface area (Å²) in [4.78, 5) is 48.4. The maximum atomic E-state index is 12.7. The number of fused-ring (bicyclic) bond motifs is 2. The van der Waals surface area contributed by atoms with Crippen molar-refractivity contribution >= 4 is 36.5 Å². The maximum absolute atomic E-state index is 12.7. The Labute approximate surface area is 239 Å². The standard InChI is InChI=1S/C27H27N6O8P/c1-27(2)40-20-18(13-38-42(36,37)32-25(35)17-11-7-4-8-12-17)39-26(21(20)41-27)33-15-30-19-22(28-14-29-23(19)33)31-24(34)16-9-5-3-6-10-16/h3-12,14-15,18,20-21,26H,13H2,1-2H3,(H,28,29,31,34)(H2,32,35,36,37)/t18-,20-,21-,26-/m1/s1. The van der Waals surface area contributed by atoms with E-state index in [9.17, 15) is 19.0 Å². The minimum Gasteiger partial charge on any atom is -0.347 e. The van der Waals surface area contributed by atoms with Crippen LogP contribution < -0.4 is 10.4 Å². The van der Waals surface area contributed by atoms with Gasteiger partial charge in [0.25, 0.3) is 11.8 Å². The summed E-state index contributed by atoms with van der Waals surface area (Å²) in [5.74, 6) is -1.89. The Morgan fingerprint density at radius 3 is 2.31 bits per heavy atom. The van der Waals surface area contributed by atoms with Crippen LogP contribution in [0.25, 0.3) is 11.2 Å². The molecule has 4 aromatic rings. The minimum atomic E-state index is -4.56. The SMILES string of the molecule is CC1(C)O[C@@H]2[C@H](O1)[C@@H](COP(=O)(O)NC(=O)c1ccccc1)O[C@H]2n1cnc2c(NC(=O)c3ccccc3)ncnc21. The highest BCUT2D eigenvalue weighted by atomic mass is 31.2. The number of carbonyl (C=O) groups excluding carboxylic acids is 2. The number of anilines is 1. The zero-order valence-electron chi connectivity index (χ0n) is 22.5. The predicted octanol–water partition coefficient (Wildman–Crippen LogP) is 3.04. The highest BCUT2D eigenvalue weighted by Gasteiger charge is 2.56. The molecular weight excluding hydrogens is 567 g/mol. The van der Waals surface area contributed by atoms with Crippen molar-refractivity contribution in [3.8, 4) is 0 Å². The second kappa shape index (κ2) is 11.0. The first-order chi connectivity index (χ1) is 20.1. The van der Waals surface area contributed by atoms with Gasteiger partial charge in [-0.1, -0.05) is 36.4 Å². The molecule has 2 aromatic carbocycles. The van der Waals surface area contributed by atoms with Gasteiger partial charge < -0.3 is 24.4 Å². The molecule has 42 heavy (non-hydrogen) atoms. The molecule has 15 heteroatoms. The average molecular weight is 595 g/mol. The molecule has 0 bridgehead atoms. The highest BCUT2D eigenvalue weighted by molar-refractivity contribution is 7.51. The minimum absolute atomic E-state index is 0.204. The Morgan fingerprint density at radius 1 is 0.976 bits per heavy atom. The van der Waals surface area contributed by atoms with E-state index < -0.39 is 44.0 Å². The molecule has 14 nitrogen and oxygen atoms in total. The second-order valence-corrected chi connectivity index (χ2v) is 11.6. The van der Waals surface area contributed by atoms with Crippen molar-refractivity contribution in [2.45, 2.75) is 44.2 Å². The fourth-order valence-corrected chi connectivity index (χ4v) is 5.70. The number of nitrogens with one attached hydrogen (secondary N) is 2. The summed E-state index contributed by atoms with van der Waals surface area (Å²) in [6.45, 7) is 3.09. The number of nitrogens with zero attached hydrogens (tertiary/aromatic N) is 4. The molecule has 2 saturated heterocycles. The van der Waals surface area contributed by atoms with Crippen LogP contribution in [0.2, 0.25) is 0 Å². The number of imidazole rings is 1. The summed E-state index contributed by atoms with van der Waals surface area (Å²) in [6, 6.07) is 16.7. The van der Waals surface area contributed by atoms with Crippen molar-refractivity contribution in [1.82, 2.24) is 24.6 Å². The van der Waals surface area contributed by atoms with Crippen LogP contribution in [0, 0.1) is 0 Å². The molecule has 0 radical (unpaired) electrons. The van der Waals surface area contributed by atoms with Gasteiger partial charge in [0.1, 0.15) is 24.6 Å². The van der Waals surface area contributed by atoms with Crippen LogP contribution in [0.1, 0.15) is 40.8 Å². The fourth-order valence-electron chi connectivity index (χ4n) is 4.91. The number of benzene rings is 2. The van der Waals surface area contributed by atoms with E-state index in [4.69, 9.17) is 18.7 Å². The van der Waals surface area contributed by atoms with Crippen molar-refractivity contribution in [2.75, 3.05) is 11.9 Å². The number of aromatic nitrogens is 4. The first kappa shape index (κ1) is 28.1. The fraction of sp³-hybridized carbons (Fsp3) is 0.296. The van der Waals surface area contributed by atoms with Gasteiger partial charge in [0.15, 0.2) is 29.0 Å². The molecule has 2 aromatic heterocycles. The third-order valence-corrected chi connectivity index (χ3v) is 7.70. The van der Waals surface area contributed by atoms with Crippen molar-refractivity contribution in [1.29, 1.82) is 0 Å². The van der Waals surface area contributed by atoms with Crippen molar-refractivity contribution in [3.05, 3.63) is 84.4 Å². The molecule has 2 fully saturated rings. The van der Waals surface area contributed by atoms with E-state index in [1.165, 1.54) is 24.8 Å². The molecule has 2 amide bonds. The Morgan fingerprint density at radius 2 is 1.62 bits per heavy atom. The molecule has 5 atom stereocenters. The van der Waals surface area contributed by atoms with E-state index in [-0.39, 0.29) is 23.9 Å². The van der Waals surface area contributed by atoms with E-state index in [2.05, 4.69) is 20.3 Å². The molecule has 2 aliphatic rings. The van der Waals surface area contributed by atoms with E-state index in [1.807, 2.05) is 11.2 Å². The van der Waals surface area contributed by atoms with Crippen LogP contribution in [0.4, 0.5) is 5.82 Å². The van der Waals surface area contributed by atoms with Gasteiger partial charge in [-0.05, 0) is 38.1 Å². The zero-order valence-corrected chi connectivity index (χ0v) is 23.4. The smallest absolute Gasteiger partial charge is 0.347 e. The third kappa shape index (κ3) is 5.68. The van der Waals surface area contributed by atoms with Crippen LogP contribution in [-0.4, -0.2) is 66.9 Å². The van der Waals surface area contributed by atoms with Crippen LogP contribution in [-0.2, 0) is 23.3 Å². The maximum Gasteiger partial charge on any atom is 0.432 e. The number of rotatable bonds is 8. The Hall–Kier alpha value is -4.04. The van der Waals surface area contributed by atoms with Gasteiger partial charge >= 0.3 is 7.75 Å². The Bertz CT molecular complexity index is 1670. The van der Waals surface area contributed by atoms with E-state index >= 15 is 0 Å². The van der Waals surface area contributed by atoms with Gasteiger partial charge in [-0.25, -0.2) is 19.5 Å².